The lowest BCUT2D eigenvalue weighted by molar-refractivity contribution is 0.107. The Morgan fingerprint density at radius 1 is 0.774 bits per heavy atom. The lowest BCUT2D eigenvalue weighted by Crippen LogP contribution is -2.27. The zero-order valence-electron chi connectivity index (χ0n) is 20.0. The molecule has 2 fully saturated rings. The maximum Gasteiger partial charge on any atom is 0.119 e. The summed E-state index contributed by atoms with van der Waals surface area (Å²) in [7, 11) is 0. The van der Waals surface area contributed by atoms with Gasteiger partial charge in [-0.05, 0) is 99.3 Å². The number of ether oxygens (including phenoxy) is 2. The van der Waals surface area contributed by atoms with Crippen molar-refractivity contribution in [3.05, 3.63) is 24.3 Å². The highest BCUT2D eigenvalue weighted by Gasteiger charge is 2.30. The normalized spacial score (nSPS) is 27.6. The fourth-order valence-corrected chi connectivity index (χ4v) is 5.57. The molecule has 31 heavy (non-hydrogen) atoms. The Morgan fingerprint density at radius 3 is 1.97 bits per heavy atom. The summed E-state index contributed by atoms with van der Waals surface area (Å²) < 4.78 is 26.7. The molecule has 0 N–H and O–H groups in total. The topological polar surface area (TPSA) is 18.5 Å². The first-order valence-corrected chi connectivity index (χ1v) is 13.2. The molecule has 2 aliphatic rings. The highest BCUT2D eigenvalue weighted by Crippen LogP contribution is 2.39. The first-order valence-electron chi connectivity index (χ1n) is 13.2. The molecule has 1 aromatic carbocycles. The van der Waals surface area contributed by atoms with Crippen LogP contribution in [0.3, 0.4) is 0 Å². The van der Waals surface area contributed by atoms with Gasteiger partial charge in [-0.1, -0.05) is 46.0 Å². The Morgan fingerprint density at radius 2 is 1.35 bits per heavy atom. The maximum atomic E-state index is 14.9. The number of halogens is 1. The molecule has 0 heterocycles. The van der Waals surface area contributed by atoms with Crippen molar-refractivity contribution < 1.29 is 13.9 Å². The Kier molecular flexibility index (Phi) is 10.5. The van der Waals surface area contributed by atoms with Crippen molar-refractivity contribution >= 4 is 0 Å². The van der Waals surface area contributed by atoms with Gasteiger partial charge in [-0.15, -0.1) is 0 Å². The number of unbranched alkanes of at least 4 members (excludes halogenated alkanes) is 1. The minimum atomic E-state index is -0.571. The summed E-state index contributed by atoms with van der Waals surface area (Å²) in [6, 6.07) is 8.02. The Balaban J connectivity index is 1.30. The second-order valence-corrected chi connectivity index (χ2v) is 10.2. The van der Waals surface area contributed by atoms with Crippen LogP contribution in [0.4, 0.5) is 4.39 Å². The van der Waals surface area contributed by atoms with Crippen LogP contribution in [0.2, 0.25) is 0 Å². The maximum absolute atomic E-state index is 14.9. The molecule has 0 saturated heterocycles. The largest absolute Gasteiger partial charge is 0.494 e. The van der Waals surface area contributed by atoms with Crippen LogP contribution in [-0.4, -0.2) is 19.4 Å². The van der Waals surface area contributed by atoms with E-state index in [9.17, 15) is 4.39 Å². The van der Waals surface area contributed by atoms with Crippen LogP contribution >= 0.6 is 0 Å². The molecule has 3 heteroatoms. The molecule has 1 aromatic rings. The zero-order chi connectivity index (χ0) is 21.9. The second kappa shape index (κ2) is 13.3. The van der Waals surface area contributed by atoms with Gasteiger partial charge in [0.15, 0.2) is 0 Å². The highest BCUT2D eigenvalue weighted by molar-refractivity contribution is 5.31. The fourth-order valence-electron chi connectivity index (χ4n) is 5.57. The molecular formula is C28H45FO2. The van der Waals surface area contributed by atoms with Gasteiger partial charge in [0.2, 0.25) is 0 Å². The van der Waals surface area contributed by atoms with Gasteiger partial charge in [0.05, 0.1) is 13.2 Å². The molecule has 0 spiro atoms. The molecule has 2 nitrogen and oxygen atoms in total. The van der Waals surface area contributed by atoms with E-state index in [1.807, 2.05) is 24.3 Å². The van der Waals surface area contributed by atoms with E-state index >= 15 is 0 Å². The van der Waals surface area contributed by atoms with Crippen molar-refractivity contribution in [1.29, 1.82) is 0 Å². The zero-order valence-corrected chi connectivity index (χ0v) is 20.0. The van der Waals surface area contributed by atoms with E-state index in [-0.39, 0.29) is 0 Å². The minimum absolute atomic E-state index is 0.336. The molecule has 1 unspecified atom stereocenters. The van der Waals surface area contributed by atoms with Crippen molar-refractivity contribution in [2.75, 3.05) is 13.2 Å². The van der Waals surface area contributed by atoms with E-state index < -0.39 is 6.17 Å². The Bertz CT molecular complexity index is 586. The van der Waals surface area contributed by atoms with Gasteiger partial charge in [0.25, 0.3) is 0 Å². The highest BCUT2D eigenvalue weighted by atomic mass is 19.1. The summed E-state index contributed by atoms with van der Waals surface area (Å²) in [5, 5.41) is 0. The van der Waals surface area contributed by atoms with E-state index in [1.54, 1.807) is 0 Å². The van der Waals surface area contributed by atoms with Gasteiger partial charge in [-0.25, -0.2) is 4.39 Å². The van der Waals surface area contributed by atoms with Crippen molar-refractivity contribution in [1.82, 2.24) is 0 Å². The van der Waals surface area contributed by atoms with E-state index in [2.05, 4.69) is 13.8 Å². The van der Waals surface area contributed by atoms with Crippen LogP contribution in [0.25, 0.3) is 0 Å². The standard InChI is InChI=1S/C28H45FO2/c1-3-5-19-30-26-15-17-27(18-16-26)31-21-24-9-7-23(8-10-24)20-28(29)25-13-11-22(6-4-2)12-14-25/h15-18,22-25,28H,3-14,19-21H2,1-2H3/t22-,23-,24-,25-,28?. The van der Waals surface area contributed by atoms with E-state index in [0.29, 0.717) is 17.8 Å². The predicted molar refractivity (Wildman–Crippen MR) is 128 cm³/mol. The van der Waals surface area contributed by atoms with Crippen LogP contribution in [0, 0.1) is 23.7 Å². The van der Waals surface area contributed by atoms with E-state index in [0.717, 1.165) is 62.7 Å². The molecule has 176 valence electrons. The number of benzene rings is 1. The van der Waals surface area contributed by atoms with Crippen LogP contribution in [-0.2, 0) is 0 Å². The lowest BCUT2D eigenvalue weighted by atomic mass is 9.74. The smallest absolute Gasteiger partial charge is 0.119 e. The molecule has 2 saturated carbocycles. The van der Waals surface area contributed by atoms with Crippen molar-refractivity contribution in [3.63, 3.8) is 0 Å². The second-order valence-electron chi connectivity index (χ2n) is 10.2. The molecule has 2 aliphatic carbocycles. The summed E-state index contributed by atoms with van der Waals surface area (Å²) in [5.41, 5.74) is 0. The number of alkyl halides is 1. The lowest BCUT2D eigenvalue weighted by Gasteiger charge is -2.34. The number of rotatable bonds is 12. The summed E-state index contributed by atoms with van der Waals surface area (Å²) >= 11 is 0. The average Bonchev–Trinajstić information content (AvgIpc) is 2.80. The van der Waals surface area contributed by atoms with Gasteiger partial charge in [-0.2, -0.15) is 0 Å². The molecule has 0 amide bonds. The fraction of sp³-hybridized carbons (Fsp3) is 0.786. The van der Waals surface area contributed by atoms with Gasteiger partial charge in [-0.3, -0.25) is 0 Å². The van der Waals surface area contributed by atoms with Crippen molar-refractivity contribution in [3.8, 4) is 11.5 Å². The minimum Gasteiger partial charge on any atom is -0.494 e. The van der Waals surface area contributed by atoms with Crippen LogP contribution in [0.5, 0.6) is 11.5 Å². The Labute approximate surface area is 190 Å². The third-order valence-electron chi connectivity index (χ3n) is 7.70. The molecule has 0 aromatic heterocycles. The third-order valence-corrected chi connectivity index (χ3v) is 7.70. The van der Waals surface area contributed by atoms with Gasteiger partial charge < -0.3 is 9.47 Å². The van der Waals surface area contributed by atoms with E-state index in [1.165, 1.54) is 51.4 Å². The summed E-state index contributed by atoms with van der Waals surface area (Å²) in [6.07, 6.45) is 14.5. The first kappa shape index (κ1) is 24.4. The molecule has 0 aliphatic heterocycles. The molecule has 1 atom stereocenters. The monoisotopic (exact) mass is 432 g/mol. The number of hydrogen-bond donors (Lipinski definition) is 0. The summed E-state index contributed by atoms with van der Waals surface area (Å²) in [6.45, 7) is 6.00. The van der Waals surface area contributed by atoms with Gasteiger partial charge in [0, 0.05) is 0 Å². The first-order chi connectivity index (χ1) is 15.2. The van der Waals surface area contributed by atoms with Crippen LogP contribution in [0.1, 0.15) is 97.3 Å². The van der Waals surface area contributed by atoms with Crippen LogP contribution in [0.15, 0.2) is 24.3 Å². The summed E-state index contributed by atoms with van der Waals surface area (Å²) in [5.74, 6) is 4.24. The molecule has 0 bridgehead atoms. The molecule has 3 rings (SSSR count). The number of hydrogen-bond acceptors (Lipinski definition) is 2. The quantitative estimate of drug-likeness (QED) is 0.309. The summed E-state index contributed by atoms with van der Waals surface area (Å²) in [4.78, 5) is 0. The van der Waals surface area contributed by atoms with Crippen molar-refractivity contribution in [2.24, 2.45) is 23.7 Å². The SMILES string of the molecule is CCCCOc1ccc(OC[C@H]2CC[C@H](CC(F)[C@H]3CC[C@H](CCC)CC3)CC2)cc1. The van der Waals surface area contributed by atoms with Gasteiger partial charge >= 0.3 is 0 Å². The third kappa shape index (κ3) is 8.31. The molecular weight excluding hydrogens is 387 g/mol. The van der Waals surface area contributed by atoms with E-state index in [4.69, 9.17) is 9.47 Å². The van der Waals surface area contributed by atoms with Crippen LogP contribution < -0.4 is 9.47 Å². The average molecular weight is 433 g/mol. The van der Waals surface area contributed by atoms with Crippen molar-refractivity contribution in [2.45, 2.75) is 103 Å². The molecule has 0 radical (unpaired) electrons. The van der Waals surface area contributed by atoms with Gasteiger partial charge in [0.1, 0.15) is 17.7 Å². The predicted octanol–water partition coefficient (Wildman–Crippen LogP) is 8.39. The Hall–Kier alpha value is -1.25.